The normalized spacial score (nSPS) is 15.7. The minimum atomic E-state index is -3.03. The predicted molar refractivity (Wildman–Crippen MR) is 68.8 cm³/mol. The van der Waals surface area contributed by atoms with Gasteiger partial charge in [0.1, 0.15) is 0 Å². The zero-order chi connectivity index (χ0) is 12.9. The molecule has 0 radical (unpaired) electrons. The van der Waals surface area contributed by atoms with Crippen LogP contribution in [0.4, 0.5) is 0 Å². The van der Waals surface area contributed by atoms with Gasteiger partial charge in [-0.05, 0) is 37.9 Å². The second kappa shape index (κ2) is 6.21. The maximum Gasteiger partial charge on any atom is 0.151 e. The van der Waals surface area contributed by atoms with Gasteiger partial charge in [-0.2, -0.15) is 0 Å². The molecule has 1 aromatic heterocycles. The summed E-state index contributed by atoms with van der Waals surface area (Å²) in [5, 5.41) is 2.89. The van der Waals surface area contributed by atoms with E-state index in [-0.39, 0.29) is 6.04 Å². The molecule has 5 heteroatoms. The number of sulfone groups is 1. The summed E-state index contributed by atoms with van der Waals surface area (Å²) in [4.78, 5) is 0. The molecule has 2 unspecified atom stereocenters. The van der Waals surface area contributed by atoms with Crippen LogP contribution < -0.4 is 5.32 Å². The van der Waals surface area contributed by atoms with Crippen LogP contribution in [0.1, 0.15) is 25.8 Å². The molecule has 1 aromatic rings. The third kappa shape index (κ3) is 4.52. The van der Waals surface area contributed by atoms with Crippen molar-refractivity contribution in [3.8, 4) is 0 Å². The molecule has 0 aromatic carbocycles. The molecule has 17 heavy (non-hydrogen) atoms. The molecule has 98 valence electrons. The van der Waals surface area contributed by atoms with Crippen LogP contribution in [0.3, 0.4) is 0 Å². The van der Waals surface area contributed by atoms with Gasteiger partial charge in [0.15, 0.2) is 9.84 Å². The fraction of sp³-hybridized carbons (Fsp3) is 0.667. The SMILES string of the molecule is CCCNC(Cc1ccoc1)C(C)S(C)(=O)=O. The summed E-state index contributed by atoms with van der Waals surface area (Å²) in [7, 11) is -3.03. The number of furan rings is 1. The number of rotatable bonds is 7. The van der Waals surface area contributed by atoms with Gasteiger partial charge in [-0.1, -0.05) is 6.92 Å². The molecule has 0 fully saturated rings. The van der Waals surface area contributed by atoms with Crippen molar-refractivity contribution in [3.05, 3.63) is 24.2 Å². The molecule has 4 nitrogen and oxygen atoms in total. The number of hydrogen-bond acceptors (Lipinski definition) is 4. The van der Waals surface area contributed by atoms with Gasteiger partial charge in [0.2, 0.25) is 0 Å². The molecule has 0 aliphatic heterocycles. The lowest BCUT2D eigenvalue weighted by atomic mass is 10.1. The Hall–Kier alpha value is -0.810. The highest BCUT2D eigenvalue weighted by Gasteiger charge is 2.25. The summed E-state index contributed by atoms with van der Waals surface area (Å²) in [6.07, 6.45) is 6.21. The van der Waals surface area contributed by atoms with Crippen molar-refractivity contribution in [1.29, 1.82) is 0 Å². The summed E-state index contributed by atoms with van der Waals surface area (Å²) in [6.45, 7) is 4.64. The van der Waals surface area contributed by atoms with Crippen molar-refractivity contribution in [2.24, 2.45) is 0 Å². The Labute approximate surface area is 103 Å². The minimum absolute atomic E-state index is 0.0671. The Bertz CT molecular complexity index is 411. The van der Waals surface area contributed by atoms with Gasteiger partial charge in [0, 0.05) is 12.3 Å². The first kappa shape index (κ1) is 14.3. The highest BCUT2D eigenvalue weighted by molar-refractivity contribution is 7.91. The molecular weight excluding hydrogens is 238 g/mol. The van der Waals surface area contributed by atoms with Gasteiger partial charge < -0.3 is 9.73 Å². The molecule has 0 saturated carbocycles. The number of nitrogens with one attached hydrogen (secondary N) is 1. The first-order valence-electron chi connectivity index (χ1n) is 5.88. The van der Waals surface area contributed by atoms with E-state index in [1.165, 1.54) is 6.26 Å². The molecule has 2 atom stereocenters. The van der Waals surface area contributed by atoms with Gasteiger partial charge in [0.25, 0.3) is 0 Å². The molecule has 0 spiro atoms. The van der Waals surface area contributed by atoms with E-state index in [0.717, 1.165) is 18.5 Å². The van der Waals surface area contributed by atoms with Crippen LogP contribution in [0.15, 0.2) is 23.0 Å². The molecule has 0 saturated heterocycles. The fourth-order valence-corrected chi connectivity index (χ4v) is 2.48. The first-order valence-corrected chi connectivity index (χ1v) is 7.84. The van der Waals surface area contributed by atoms with Gasteiger partial charge in [-0.15, -0.1) is 0 Å². The Morgan fingerprint density at radius 1 is 1.47 bits per heavy atom. The summed E-state index contributed by atoms with van der Waals surface area (Å²) in [5.74, 6) is 0. The van der Waals surface area contributed by atoms with Crippen molar-refractivity contribution >= 4 is 9.84 Å². The van der Waals surface area contributed by atoms with E-state index >= 15 is 0 Å². The van der Waals surface area contributed by atoms with Crippen molar-refractivity contribution in [1.82, 2.24) is 5.32 Å². The van der Waals surface area contributed by atoms with Crippen molar-refractivity contribution in [3.63, 3.8) is 0 Å². The van der Waals surface area contributed by atoms with E-state index in [9.17, 15) is 8.42 Å². The van der Waals surface area contributed by atoms with E-state index in [1.807, 2.05) is 6.07 Å². The zero-order valence-electron chi connectivity index (χ0n) is 10.6. The maximum absolute atomic E-state index is 11.6. The smallest absolute Gasteiger partial charge is 0.151 e. The summed E-state index contributed by atoms with van der Waals surface area (Å²) in [5.41, 5.74) is 1.02. The van der Waals surface area contributed by atoms with Crippen LogP contribution in [0.2, 0.25) is 0 Å². The lowest BCUT2D eigenvalue weighted by Crippen LogP contribution is -2.44. The Morgan fingerprint density at radius 3 is 2.65 bits per heavy atom. The summed E-state index contributed by atoms with van der Waals surface area (Å²) < 4.78 is 28.2. The molecule has 0 bridgehead atoms. The molecular formula is C12H21NO3S. The molecule has 0 aliphatic rings. The molecule has 1 N–H and O–H groups in total. The van der Waals surface area contributed by atoms with E-state index in [2.05, 4.69) is 12.2 Å². The largest absolute Gasteiger partial charge is 0.472 e. The molecule has 0 amide bonds. The van der Waals surface area contributed by atoms with Crippen molar-refractivity contribution < 1.29 is 12.8 Å². The highest BCUT2D eigenvalue weighted by atomic mass is 32.2. The molecule has 1 heterocycles. The van der Waals surface area contributed by atoms with Gasteiger partial charge in [0.05, 0.1) is 17.8 Å². The van der Waals surface area contributed by atoms with Crippen LogP contribution in [-0.2, 0) is 16.3 Å². The lowest BCUT2D eigenvalue weighted by Gasteiger charge is -2.23. The quantitative estimate of drug-likeness (QED) is 0.808. The highest BCUT2D eigenvalue weighted by Crippen LogP contribution is 2.12. The van der Waals surface area contributed by atoms with Crippen LogP contribution in [0.5, 0.6) is 0 Å². The summed E-state index contributed by atoms with van der Waals surface area (Å²) >= 11 is 0. The van der Waals surface area contributed by atoms with Crippen LogP contribution >= 0.6 is 0 Å². The predicted octanol–water partition coefficient (Wildman–Crippen LogP) is 1.62. The standard InChI is InChI=1S/C12H21NO3S/c1-4-6-13-12(10(2)17(3,14)15)8-11-5-7-16-9-11/h5,7,9-10,12-13H,4,6,8H2,1-3H3. The van der Waals surface area contributed by atoms with Gasteiger partial charge >= 0.3 is 0 Å². The Kier molecular flexibility index (Phi) is 5.21. The maximum atomic E-state index is 11.6. The number of hydrogen-bond donors (Lipinski definition) is 1. The lowest BCUT2D eigenvalue weighted by molar-refractivity contribution is 0.479. The van der Waals surface area contributed by atoms with Crippen LogP contribution in [0, 0.1) is 0 Å². The van der Waals surface area contributed by atoms with Crippen LogP contribution in [-0.4, -0.2) is 32.5 Å². The van der Waals surface area contributed by atoms with E-state index in [4.69, 9.17) is 4.42 Å². The van der Waals surface area contributed by atoms with Crippen LogP contribution in [0.25, 0.3) is 0 Å². The van der Waals surface area contributed by atoms with E-state index in [0.29, 0.717) is 6.42 Å². The van der Waals surface area contributed by atoms with E-state index in [1.54, 1.807) is 19.5 Å². The van der Waals surface area contributed by atoms with Crippen molar-refractivity contribution in [2.75, 3.05) is 12.8 Å². The second-order valence-electron chi connectivity index (χ2n) is 4.43. The molecule has 0 aliphatic carbocycles. The monoisotopic (exact) mass is 259 g/mol. The van der Waals surface area contributed by atoms with E-state index < -0.39 is 15.1 Å². The molecule has 1 rings (SSSR count). The topological polar surface area (TPSA) is 59.3 Å². The average Bonchev–Trinajstić information content (AvgIpc) is 2.74. The minimum Gasteiger partial charge on any atom is -0.472 e. The average molecular weight is 259 g/mol. The zero-order valence-corrected chi connectivity index (χ0v) is 11.5. The summed E-state index contributed by atoms with van der Waals surface area (Å²) in [6, 6.07) is 1.80. The van der Waals surface area contributed by atoms with Gasteiger partial charge in [-0.3, -0.25) is 0 Å². The third-order valence-electron chi connectivity index (χ3n) is 2.93. The second-order valence-corrected chi connectivity index (χ2v) is 6.83. The first-order chi connectivity index (χ1) is 7.95. The fourth-order valence-electron chi connectivity index (χ4n) is 1.69. The third-order valence-corrected chi connectivity index (χ3v) is 4.61. The Balaban J connectivity index is 2.73. The van der Waals surface area contributed by atoms with Crippen molar-refractivity contribution in [2.45, 2.75) is 38.0 Å². The Morgan fingerprint density at radius 2 is 2.18 bits per heavy atom. The van der Waals surface area contributed by atoms with Gasteiger partial charge in [-0.25, -0.2) is 8.42 Å².